The number of aliphatic imine (C=N–C) groups is 1. The molecule has 0 aliphatic rings. The van der Waals surface area contributed by atoms with Crippen LogP contribution in [0.4, 0.5) is 5.69 Å². The fraction of sp³-hybridized carbons (Fsp3) is 0.316. The monoisotopic (exact) mass is 311 g/mol. The van der Waals surface area contributed by atoms with Crippen LogP contribution in [0.2, 0.25) is 0 Å². The zero-order chi connectivity index (χ0) is 16.7. The molecule has 0 aromatic heterocycles. The first-order valence-electron chi connectivity index (χ1n) is 7.92. The summed E-state index contributed by atoms with van der Waals surface area (Å²) in [6.45, 7) is 4.85. The molecular formula is C19H25N3O. The number of guanidine groups is 1. The molecule has 4 nitrogen and oxygen atoms in total. The second-order valence-electron chi connectivity index (χ2n) is 5.55. The van der Waals surface area contributed by atoms with Gasteiger partial charge >= 0.3 is 0 Å². The van der Waals surface area contributed by atoms with Gasteiger partial charge in [0.1, 0.15) is 5.75 Å². The Morgan fingerprint density at radius 2 is 2.00 bits per heavy atom. The molecular weight excluding hydrogens is 286 g/mol. The van der Waals surface area contributed by atoms with Crippen LogP contribution in [0.15, 0.2) is 53.5 Å². The average Bonchev–Trinajstić information content (AvgIpc) is 2.59. The molecule has 0 spiro atoms. The number of hydrogen-bond donors (Lipinski definition) is 2. The van der Waals surface area contributed by atoms with Crippen molar-refractivity contribution >= 4 is 11.6 Å². The number of nitrogens with zero attached hydrogens (tertiary/aromatic N) is 1. The molecule has 0 aliphatic heterocycles. The van der Waals surface area contributed by atoms with Crippen LogP contribution in [0.25, 0.3) is 0 Å². The van der Waals surface area contributed by atoms with Crippen molar-refractivity contribution in [1.29, 1.82) is 0 Å². The summed E-state index contributed by atoms with van der Waals surface area (Å²) < 4.78 is 5.40. The van der Waals surface area contributed by atoms with Gasteiger partial charge in [0, 0.05) is 18.2 Å². The van der Waals surface area contributed by atoms with Gasteiger partial charge in [-0.25, -0.2) is 0 Å². The topological polar surface area (TPSA) is 59.6 Å². The Hall–Kier alpha value is -2.49. The van der Waals surface area contributed by atoms with Gasteiger partial charge < -0.3 is 15.8 Å². The molecule has 0 saturated heterocycles. The van der Waals surface area contributed by atoms with Crippen LogP contribution in [-0.4, -0.2) is 19.6 Å². The van der Waals surface area contributed by atoms with E-state index in [1.807, 2.05) is 30.3 Å². The summed E-state index contributed by atoms with van der Waals surface area (Å²) in [5.74, 6) is 1.55. The van der Waals surface area contributed by atoms with E-state index >= 15 is 0 Å². The molecule has 2 aromatic carbocycles. The Labute approximate surface area is 138 Å². The summed E-state index contributed by atoms with van der Waals surface area (Å²) in [4.78, 5) is 4.45. The van der Waals surface area contributed by atoms with Crippen LogP contribution in [0.1, 0.15) is 30.9 Å². The minimum Gasteiger partial charge on any atom is -0.496 e. The first-order valence-corrected chi connectivity index (χ1v) is 7.92. The first-order chi connectivity index (χ1) is 11.1. The molecule has 0 amide bonds. The highest BCUT2D eigenvalue weighted by atomic mass is 16.5. The number of nitrogens with one attached hydrogen (secondary N) is 1. The SMILES string of the molecule is CCc1cccc(NC(N)=NCC(C)c2ccccc2OC)c1. The highest BCUT2D eigenvalue weighted by Gasteiger charge is 2.10. The van der Waals surface area contributed by atoms with Gasteiger partial charge in [-0.1, -0.05) is 44.2 Å². The lowest BCUT2D eigenvalue weighted by atomic mass is 10.0. The van der Waals surface area contributed by atoms with Gasteiger partial charge in [-0.3, -0.25) is 4.99 Å². The smallest absolute Gasteiger partial charge is 0.193 e. The van der Waals surface area contributed by atoms with Crippen molar-refractivity contribution in [2.75, 3.05) is 19.0 Å². The zero-order valence-electron chi connectivity index (χ0n) is 14.0. The maximum Gasteiger partial charge on any atom is 0.193 e. The predicted molar refractivity (Wildman–Crippen MR) is 97.3 cm³/mol. The number of benzene rings is 2. The minimum absolute atomic E-state index is 0.230. The van der Waals surface area contributed by atoms with Gasteiger partial charge in [-0.05, 0) is 35.7 Å². The second-order valence-corrected chi connectivity index (χ2v) is 5.55. The molecule has 4 heteroatoms. The number of methoxy groups -OCH3 is 1. The Balaban J connectivity index is 2.01. The largest absolute Gasteiger partial charge is 0.496 e. The lowest BCUT2D eigenvalue weighted by Crippen LogP contribution is -2.23. The minimum atomic E-state index is 0.230. The number of para-hydroxylation sites is 1. The number of rotatable bonds is 6. The van der Waals surface area contributed by atoms with Crippen LogP contribution >= 0.6 is 0 Å². The van der Waals surface area contributed by atoms with E-state index in [0.29, 0.717) is 12.5 Å². The first kappa shape index (κ1) is 16.9. The molecule has 2 aromatic rings. The molecule has 0 radical (unpaired) electrons. The molecule has 2 rings (SSSR count). The molecule has 3 N–H and O–H groups in total. The van der Waals surface area contributed by atoms with Gasteiger partial charge in [0.25, 0.3) is 0 Å². The van der Waals surface area contributed by atoms with Gasteiger partial charge in [0.2, 0.25) is 0 Å². The van der Waals surface area contributed by atoms with E-state index in [1.165, 1.54) is 5.56 Å². The highest BCUT2D eigenvalue weighted by Crippen LogP contribution is 2.26. The number of nitrogens with two attached hydrogens (primary N) is 1. The molecule has 0 fully saturated rings. The Kier molecular flexibility index (Phi) is 6.03. The lowest BCUT2D eigenvalue weighted by molar-refractivity contribution is 0.407. The summed E-state index contributed by atoms with van der Waals surface area (Å²) >= 11 is 0. The van der Waals surface area contributed by atoms with Gasteiger partial charge in [0.15, 0.2) is 5.96 Å². The van der Waals surface area contributed by atoms with E-state index in [2.05, 4.69) is 42.4 Å². The molecule has 23 heavy (non-hydrogen) atoms. The van der Waals surface area contributed by atoms with E-state index in [9.17, 15) is 0 Å². The summed E-state index contributed by atoms with van der Waals surface area (Å²) in [5, 5.41) is 3.15. The predicted octanol–water partition coefficient (Wildman–Crippen LogP) is 3.79. The van der Waals surface area contributed by atoms with E-state index in [1.54, 1.807) is 7.11 Å². The molecule has 1 atom stereocenters. The fourth-order valence-corrected chi connectivity index (χ4v) is 2.46. The molecule has 0 aliphatic carbocycles. The van der Waals surface area contributed by atoms with Crippen molar-refractivity contribution in [1.82, 2.24) is 0 Å². The maximum absolute atomic E-state index is 6.00. The van der Waals surface area contributed by atoms with E-state index in [-0.39, 0.29) is 5.92 Å². The Bertz CT molecular complexity index is 667. The summed E-state index contributed by atoms with van der Waals surface area (Å²) in [6.07, 6.45) is 0.997. The van der Waals surface area contributed by atoms with Crippen molar-refractivity contribution in [3.63, 3.8) is 0 Å². The van der Waals surface area contributed by atoms with Crippen molar-refractivity contribution in [2.45, 2.75) is 26.2 Å². The van der Waals surface area contributed by atoms with Crippen molar-refractivity contribution in [3.8, 4) is 5.75 Å². The van der Waals surface area contributed by atoms with E-state index in [4.69, 9.17) is 10.5 Å². The van der Waals surface area contributed by atoms with Crippen LogP contribution in [0, 0.1) is 0 Å². The molecule has 0 heterocycles. The molecule has 1 unspecified atom stereocenters. The average molecular weight is 311 g/mol. The number of aryl methyl sites for hydroxylation is 1. The van der Waals surface area contributed by atoms with E-state index in [0.717, 1.165) is 23.4 Å². The van der Waals surface area contributed by atoms with Crippen LogP contribution in [0.3, 0.4) is 0 Å². The number of ether oxygens (including phenoxy) is 1. The highest BCUT2D eigenvalue weighted by molar-refractivity contribution is 5.92. The zero-order valence-corrected chi connectivity index (χ0v) is 14.0. The summed E-state index contributed by atoms with van der Waals surface area (Å²) in [6, 6.07) is 16.2. The molecule has 0 saturated carbocycles. The Morgan fingerprint density at radius 3 is 2.74 bits per heavy atom. The summed E-state index contributed by atoms with van der Waals surface area (Å²) in [7, 11) is 1.69. The third-order valence-electron chi connectivity index (χ3n) is 3.81. The lowest BCUT2D eigenvalue weighted by Gasteiger charge is -2.14. The van der Waals surface area contributed by atoms with E-state index < -0.39 is 0 Å². The normalized spacial score (nSPS) is 12.7. The van der Waals surface area contributed by atoms with Crippen LogP contribution in [-0.2, 0) is 6.42 Å². The summed E-state index contributed by atoms with van der Waals surface area (Å²) in [5.41, 5.74) is 9.38. The van der Waals surface area contributed by atoms with Gasteiger partial charge in [0.05, 0.1) is 7.11 Å². The van der Waals surface area contributed by atoms with Crippen LogP contribution < -0.4 is 15.8 Å². The second kappa shape index (κ2) is 8.22. The van der Waals surface area contributed by atoms with Gasteiger partial charge in [-0.15, -0.1) is 0 Å². The number of anilines is 1. The van der Waals surface area contributed by atoms with Crippen LogP contribution in [0.5, 0.6) is 5.75 Å². The fourth-order valence-electron chi connectivity index (χ4n) is 2.46. The standard InChI is InChI=1S/C19H25N3O/c1-4-15-8-7-9-16(12-15)22-19(20)21-13-14(2)17-10-5-6-11-18(17)23-3/h5-12,14H,4,13H2,1-3H3,(H3,20,21,22). The van der Waals surface area contributed by atoms with Crippen molar-refractivity contribution < 1.29 is 4.74 Å². The Morgan fingerprint density at radius 1 is 1.22 bits per heavy atom. The number of hydrogen-bond acceptors (Lipinski definition) is 2. The van der Waals surface area contributed by atoms with Crippen molar-refractivity contribution in [3.05, 3.63) is 59.7 Å². The molecule has 122 valence electrons. The third kappa shape index (κ3) is 4.74. The quantitative estimate of drug-likeness (QED) is 0.630. The maximum atomic E-state index is 6.00. The third-order valence-corrected chi connectivity index (χ3v) is 3.81. The van der Waals surface area contributed by atoms with Gasteiger partial charge in [-0.2, -0.15) is 0 Å². The molecule has 0 bridgehead atoms. The van der Waals surface area contributed by atoms with Crippen molar-refractivity contribution in [2.24, 2.45) is 10.7 Å².